The molecule has 0 radical (unpaired) electrons. The smallest absolute Gasteiger partial charge is 0.254 e. The summed E-state index contributed by atoms with van der Waals surface area (Å²) in [5, 5.41) is 0. The van der Waals surface area contributed by atoms with E-state index in [9.17, 15) is 4.79 Å². The molecule has 0 saturated carbocycles. The average molecular weight is 176 g/mol. The minimum atomic E-state index is 0.113. The average Bonchev–Trinajstić information content (AvgIpc) is 2.75. The quantitative estimate of drug-likeness (QED) is 0.604. The summed E-state index contributed by atoms with van der Waals surface area (Å²) in [6.07, 6.45) is 3.29. The third-order valence-corrected chi connectivity index (χ3v) is 2.65. The highest BCUT2D eigenvalue weighted by Gasteiger charge is 2.43. The van der Waals surface area contributed by atoms with Gasteiger partial charge in [0.1, 0.15) is 0 Å². The van der Waals surface area contributed by atoms with E-state index in [1.165, 1.54) is 0 Å². The second-order valence-corrected chi connectivity index (χ2v) is 3.43. The second kappa shape index (κ2) is 2.83. The summed E-state index contributed by atoms with van der Waals surface area (Å²) in [6, 6.07) is 4.28. The maximum Gasteiger partial charge on any atom is 0.254 e. The van der Waals surface area contributed by atoms with Crippen LogP contribution in [0.5, 0.6) is 0 Å². The number of carbonyl (C=O) groups excluding carboxylic acids is 1. The van der Waals surface area contributed by atoms with Crippen LogP contribution in [0.4, 0.5) is 0 Å². The molecule has 3 heteroatoms. The summed E-state index contributed by atoms with van der Waals surface area (Å²) in [6.45, 7) is 4.12. The van der Waals surface area contributed by atoms with E-state index in [4.69, 9.17) is 0 Å². The van der Waals surface area contributed by atoms with Crippen LogP contribution in [0.3, 0.4) is 0 Å². The van der Waals surface area contributed by atoms with Crippen molar-refractivity contribution in [3.63, 3.8) is 0 Å². The first-order valence-electron chi connectivity index (χ1n) is 4.44. The van der Waals surface area contributed by atoms with Gasteiger partial charge in [-0.05, 0) is 26.0 Å². The van der Waals surface area contributed by atoms with E-state index in [-0.39, 0.29) is 5.91 Å². The molecule has 0 spiro atoms. The summed E-state index contributed by atoms with van der Waals surface area (Å²) in [7, 11) is 0. The van der Waals surface area contributed by atoms with Crippen molar-refractivity contribution in [2.45, 2.75) is 25.9 Å². The number of hydrogen-bond donors (Lipinski definition) is 0. The van der Waals surface area contributed by atoms with Gasteiger partial charge >= 0.3 is 0 Å². The number of pyridine rings is 1. The Balaban J connectivity index is 2.16. The van der Waals surface area contributed by atoms with Crippen LogP contribution in [0.1, 0.15) is 24.2 Å². The molecule has 0 N–H and O–H groups in total. The van der Waals surface area contributed by atoms with Crippen molar-refractivity contribution in [2.24, 2.45) is 0 Å². The summed E-state index contributed by atoms with van der Waals surface area (Å²) < 4.78 is 0. The normalized spacial score (nSPS) is 25.8. The number of amides is 1. The van der Waals surface area contributed by atoms with Gasteiger partial charge in [0, 0.05) is 30.0 Å². The molecule has 1 aliphatic heterocycles. The molecule has 1 fully saturated rings. The van der Waals surface area contributed by atoms with Crippen LogP contribution in [0.2, 0.25) is 0 Å². The van der Waals surface area contributed by atoms with Crippen LogP contribution in [-0.4, -0.2) is 27.9 Å². The first-order chi connectivity index (χ1) is 6.22. The van der Waals surface area contributed by atoms with Crippen LogP contribution in [0, 0.1) is 0 Å². The molecule has 1 amide bonds. The van der Waals surface area contributed by atoms with Gasteiger partial charge in [-0.1, -0.05) is 0 Å². The van der Waals surface area contributed by atoms with E-state index in [0.717, 1.165) is 5.56 Å². The van der Waals surface area contributed by atoms with Gasteiger partial charge in [-0.3, -0.25) is 9.78 Å². The fraction of sp³-hybridized carbons (Fsp3) is 0.400. The van der Waals surface area contributed by atoms with Crippen molar-refractivity contribution >= 4 is 5.91 Å². The first-order valence-corrected chi connectivity index (χ1v) is 4.44. The molecule has 13 heavy (non-hydrogen) atoms. The highest BCUT2D eigenvalue weighted by molar-refractivity contribution is 5.96. The summed E-state index contributed by atoms with van der Waals surface area (Å²) in [5.74, 6) is 0.113. The van der Waals surface area contributed by atoms with Crippen molar-refractivity contribution in [1.29, 1.82) is 0 Å². The monoisotopic (exact) mass is 176 g/mol. The molecule has 0 aromatic carbocycles. The molecule has 68 valence electrons. The van der Waals surface area contributed by atoms with E-state index in [1.807, 2.05) is 4.90 Å². The predicted octanol–water partition coefficient (Wildman–Crippen LogP) is 1.31. The zero-order valence-corrected chi connectivity index (χ0v) is 7.77. The molecule has 2 atom stereocenters. The highest BCUT2D eigenvalue weighted by Crippen LogP contribution is 2.28. The van der Waals surface area contributed by atoms with Gasteiger partial charge in [-0.2, -0.15) is 0 Å². The van der Waals surface area contributed by atoms with E-state index >= 15 is 0 Å². The zero-order chi connectivity index (χ0) is 9.42. The standard InChI is InChI=1S/C10H12N2O/c1-7-8(2)12(7)10(13)9-3-5-11-6-4-9/h3-8H,1-2H3/t7-,8+,12?. The van der Waals surface area contributed by atoms with Crippen molar-refractivity contribution in [2.75, 3.05) is 0 Å². The van der Waals surface area contributed by atoms with Gasteiger partial charge in [0.25, 0.3) is 5.91 Å². The molecule has 3 nitrogen and oxygen atoms in total. The maximum absolute atomic E-state index is 11.7. The first kappa shape index (κ1) is 8.23. The minimum absolute atomic E-state index is 0.113. The van der Waals surface area contributed by atoms with Crippen LogP contribution < -0.4 is 0 Å². The minimum Gasteiger partial charge on any atom is -0.329 e. The van der Waals surface area contributed by atoms with Crippen LogP contribution in [0.15, 0.2) is 24.5 Å². The fourth-order valence-electron chi connectivity index (χ4n) is 1.52. The van der Waals surface area contributed by atoms with Gasteiger partial charge < -0.3 is 4.90 Å². The molecule has 1 aromatic rings. The Morgan fingerprint density at radius 1 is 1.31 bits per heavy atom. The molecule has 0 bridgehead atoms. The molecule has 1 aliphatic rings. The Morgan fingerprint density at radius 2 is 1.85 bits per heavy atom. The Kier molecular flexibility index (Phi) is 1.79. The highest BCUT2D eigenvalue weighted by atomic mass is 16.2. The molecule has 1 saturated heterocycles. The van der Waals surface area contributed by atoms with E-state index in [1.54, 1.807) is 24.5 Å². The number of nitrogens with zero attached hydrogens (tertiary/aromatic N) is 2. The lowest BCUT2D eigenvalue weighted by Crippen LogP contribution is -2.13. The van der Waals surface area contributed by atoms with Crippen LogP contribution in [-0.2, 0) is 0 Å². The molecule has 0 aliphatic carbocycles. The SMILES string of the molecule is C[C@@H]1[C@H](C)N1C(=O)c1ccncc1. The molecule has 2 rings (SSSR count). The topological polar surface area (TPSA) is 33.0 Å². The Bertz CT molecular complexity index is 315. The molecule has 2 heterocycles. The van der Waals surface area contributed by atoms with Crippen LogP contribution in [0.25, 0.3) is 0 Å². The third kappa shape index (κ3) is 1.30. The number of carbonyl (C=O) groups is 1. The predicted molar refractivity (Wildman–Crippen MR) is 49.3 cm³/mol. The third-order valence-electron chi connectivity index (χ3n) is 2.65. The van der Waals surface area contributed by atoms with Gasteiger partial charge in [-0.15, -0.1) is 0 Å². The van der Waals surface area contributed by atoms with E-state index in [0.29, 0.717) is 12.1 Å². The number of hydrogen-bond acceptors (Lipinski definition) is 2. The summed E-state index contributed by atoms with van der Waals surface area (Å²) in [5.41, 5.74) is 0.728. The van der Waals surface area contributed by atoms with Crippen molar-refractivity contribution in [3.8, 4) is 0 Å². The van der Waals surface area contributed by atoms with Gasteiger partial charge in [0.15, 0.2) is 0 Å². The van der Waals surface area contributed by atoms with Gasteiger partial charge in [0.05, 0.1) is 0 Å². The maximum atomic E-state index is 11.7. The lowest BCUT2D eigenvalue weighted by atomic mass is 10.2. The number of rotatable bonds is 1. The lowest BCUT2D eigenvalue weighted by Gasteiger charge is -2.01. The van der Waals surface area contributed by atoms with Gasteiger partial charge in [0.2, 0.25) is 0 Å². The second-order valence-electron chi connectivity index (χ2n) is 3.43. The molecule has 0 unspecified atom stereocenters. The molecular weight excluding hydrogens is 164 g/mol. The Hall–Kier alpha value is -1.38. The molecular formula is C10H12N2O. The number of aromatic nitrogens is 1. The van der Waals surface area contributed by atoms with Crippen molar-refractivity contribution in [1.82, 2.24) is 9.88 Å². The zero-order valence-electron chi connectivity index (χ0n) is 7.77. The largest absolute Gasteiger partial charge is 0.329 e. The Morgan fingerprint density at radius 3 is 2.31 bits per heavy atom. The van der Waals surface area contributed by atoms with E-state index < -0.39 is 0 Å². The Labute approximate surface area is 77.4 Å². The lowest BCUT2D eigenvalue weighted by molar-refractivity contribution is 0.0868. The van der Waals surface area contributed by atoms with Crippen molar-refractivity contribution in [3.05, 3.63) is 30.1 Å². The summed E-state index contributed by atoms with van der Waals surface area (Å²) in [4.78, 5) is 17.5. The molecule has 1 aromatic heterocycles. The van der Waals surface area contributed by atoms with Gasteiger partial charge in [-0.25, -0.2) is 0 Å². The summed E-state index contributed by atoms with van der Waals surface area (Å²) >= 11 is 0. The van der Waals surface area contributed by atoms with E-state index in [2.05, 4.69) is 18.8 Å². The van der Waals surface area contributed by atoms with Crippen LogP contribution >= 0.6 is 0 Å². The fourth-order valence-corrected chi connectivity index (χ4v) is 1.52. The van der Waals surface area contributed by atoms with Crippen molar-refractivity contribution < 1.29 is 4.79 Å².